The summed E-state index contributed by atoms with van der Waals surface area (Å²) in [6.07, 6.45) is 6.79. The zero-order chi connectivity index (χ0) is 12.1. The molecule has 0 radical (unpaired) electrons. The maximum atomic E-state index is 2.46. The van der Waals surface area contributed by atoms with Crippen LogP contribution in [0.3, 0.4) is 0 Å². The van der Waals surface area contributed by atoms with Crippen molar-refractivity contribution in [3.05, 3.63) is 35.9 Å². The van der Waals surface area contributed by atoms with Crippen LogP contribution >= 0.6 is 0 Å². The maximum absolute atomic E-state index is 2.46. The summed E-state index contributed by atoms with van der Waals surface area (Å²) in [5.74, 6) is 0. The van der Waals surface area contributed by atoms with Crippen molar-refractivity contribution in [1.29, 1.82) is 0 Å². The first kappa shape index (κ1) is 12.6. The van der Waals surface area contributed by atoms with Crippen LogP contribution < -0.4 is 0 Å². The Morgan fingerprint density at radius 3 is 2.71 bits per heavy atom. The summed E-state index contributed by atoms with van der Waals surface area (Å²) in [7, 11) is 2.46. The van der Waals surface area contributed by atoms with E-state index in [0.717, 1.165) is 6.04 Å². The van der Waals surface area contributed by atoms with Crippen LogP contribution in [0.1, 0.15) is 38.2 Å². The Labute approximate surface area is 106 Å². The third-order valence-corrected chi connectivity index (χ3v) is 4.54. The van der Waals surface area contributed by atoms with E-state index in [9.17, 15) is 0 Å². The quantitative estimate of drug-likeness (QED) is 0.680. The molecule has 0 bridgehead atoms. The van der Waals surface area contributed by atoms with Gasteiger partial charge >= 0.3 is 0 Å². The molecule has 1 unspecified atom stereocenters. The van der Waals surface area contributed by atoms with Gasteiger partial charge in [0.15, 0.2) is 0 Å². The third-order valence-electron chi connectivity index (χ3n) is 4.54. The van der Waals surface area contributed by atoms with E-state index in [1.54, 1.807) is 0 Å². The molecule has 1 aromatic carbocycles. The zero-order valence-electron chi connectivity index (χ0n) is 11.4. The zero-order valence-corrected chi connectivity index (χ0v) is 11.4. The minimum Gasteiger partial charge on any atom is -0.324 e. The molecule has 1 aliphatic heterocycles. The summed E-state index contributed by atoms with van der Waals surface area (Å²) in [5.41, 5.74) is 1.49. The normalized spacial score (nSPS) is 28.5. The van der Waals surface area contributed by atoms with Gasteiger partial charge in [-0.1, -0.05) is 37.3 Å². The van der Waals surface area contributed by atoms with Crippen LogP contribution in [0.4, 0.5) is 0 Å². The van der Waals surface area contributed by atoms with Crippen LogP contribution in [0.5, 0.6) is 0 Å². The lowest BCUT2D eigenvalue weighted by atomic mass is 10.1. The van der Waals surface area contributed by atoms with Gasteiger partial charge in [0.25, 0.3) is 0 Å². The molecule has 94 valence electrons. The highest BCUT2D eigenvalue weighted by Gasteiger charge is 2.35. The molecule has 2 rings (SSSR count). The average Bonchev–Trinajstić information content (AvgIpc) is 2.72. The summed E-state index contributed by atoms with van der Waals surface area (Å²) in [6, 6.07) is 11.8. The topological polar surface area (TPSA) is 0 Å². The molecule has 1 nitrogen and oxygen atoms in total. The SMILES string of the molecule is CC[C@@H]1CCC[N+]1(C)CCCc1ccccc1. The summed E-state index contributed by atoms with van der Waals surface area (Å²) in [5, 5.41) is 0. The Bertz CT molecular complexity index is 333. The van der Waals surface area contributed by atoms with Crippen molar-refractivity contribution in [2.45, 2.75) is 45.1 Å². The predicted molar refractivity (Wildman–Crippen MR) is 74.0 cm³/mol. The van der Waals surface area contributed by atoms with Gasteiger partial charge in [-0.05, 0) is 18.4 Å². The van der Waals surface area contributed by atoms with E-state index >= 15 is 0 Å². The molecular weight excluding hydrogens is 206 g/mol. The molecule has 0 saturated carbocycles. The molecule has 0 amide bonds. The molecule has 0 aliphatic carbocycles. The van der Waals surface area contributed by atoms with Gasteiger partial charge in [0, 0.05) is 19.3 Å². The largest absolute Gasteiger partial charge is 0.324 e. The summed E-state index contributed by atoms with van der Waals surface area (Å²) in [6.45, 7) is 5.10. The number of benzene rings is 1. The highest BCUT2D eigenvalue weighted by Crippen LogP contribution is 2.27. The van der Waals surface area contributed by atoms with Crippen molar-refractivity contribution in [3.8, 4) is 0 Å². The Morgan fingerprint density at radius 2 is 2.00 bits per heavy atom. The van der Waals surface area contributed by atoms with Crippen LogP contribution in [0, 0.1) is 0 Å². The first-order chi connectivity index (χ1) is 8.24. The van der Waals surface area contributed by atoms with Crippen molar-refractivity contribution < 1.29 is 4.48 Å². The standard InChI is InChI=1S/C16H26N/c1-3-16-12-8-14-17(16,2)13-7-11-15-9-5-4-6-10-15/h4-6,9-10,16H,3,7-8,11-14H2,1-2H3/q+1/t16-,17?/m1/s1. The molecule has 0 N–H and O–H groups in total. The van der Waals surface area contributed by atoms with E-state index in [1.165, 1.54) is 55.2 Å². The van der Waals surface area contributed by atoms with E-state index in [0.29, 0.717) is 0 Å². The van der Waals surface area contributed by atoms with Gasteiger partial charge in [-0.25, -0.2) is 0 Å². The maximum Gasteiger partial charge on any atom is 0.0887 e. The summed E-state index contributed by atoms with van der Waals surface area (Å²) < 4.78 is 1.32. The molecular formula is C16H26N+. The van der Waals surface area contributed by atoms with Crippen LogP contribution in [0.15, 0.2) is 30.3 Å². The molecule has 17 heavy (non-hydrogen) atoms. The fraction of sp³-hybridized carbons (Fsp3) is 0.625. The van der Waals surface area contributed by atoms with Crippen LogP contribution in [0.25, 0.3) is 0 Å². The van der Waals surface area contributed by atoms with Crippen molar-refractivity contribution in [2.24, 2.45) is 0 Å². The first-order valence-corrected chi connectivity index (χ1v) is 7.13. The van der Waals surface area contributed by atoms with Gasteiger partial charge in [0.05, 0.1) is 26.2 Å². The molecule has 0 aromatic heterocycles. The monoisotopic (exact) mass is 232 g/mol. The fourth-order valence-corrected chi connectivity index (χ4v) is 3.41. The second-order valence-electron chi connectivity index (χ2n) is 5.72. The van der Waals surface area contributed by atoms with Crippen molar-refractivity contribution in [1.82, 2.24) is 0 Å². The van der Waals surface area contributed by atoms with Crippen LogP contribution in [-0.2, 0) is 6.42 Å². The second kappa shape index (κ2) is 5.68. The molecule has 0 spiro atoms. The van der Waals surface area contributed by atoms with E-state index in [-0.39, 0.29) is 0 Å². The fourth-order valence-electron chi connectivity index (χ4n) is 3.41. The molecule has 2 atom stereocenters. The van der Waals surface area contributed by atoms with E-state index in [1.807, 2.05) is 0 Å². The minimum atomic E-state index is 0.922. The lowest BCUT2D eigenvalue weighted by molar-refractivity contribution is -0.921. The highest BCUT2D eigenvalue weighted by atomic mass is 15.4. The van der Waals surface area contributed by atoms with Gasteiger partial charge in [-0.15, -0.1) is 0 Å². The Balaban J connectivity index is 1.82. The predicted octanol–water partition coefficient (Wildman–Crippen LogP) is 3.64. The number of quaternary nitrogens is 1. The molecule has 1 heterocycles. The average molecular weight is 232 g/mol. The van der Waals surface area contributed by atoms with Crippen molar-refractivity contribution >= 4 is 0 Å². The molecule has 1 aliphatic rings. The molecule has 1 saturated heterocycles. The first-order valence-electron chi connectivity index (χ1n) is 7.13. The smallest absolute Gasteiger partial charge is 0.0887 e. The van der Waals surface area contributed by atoms with Crippen LogP contribution in [0.2, 0.25) is 0 Å². The van der Waals surface area contributed by atoms with Gasteiger partial charge < -0.3 is 4.48 Å². The highest BCUT2D eigenvalue weighted by molar-refractivity contribution is 5.14. The van der Waals surface area contributed by atoms with Gasteiger partial charge in [-0.3, -0.25) is 0 Å². The number of rotatable bonds is 5. The summed E-state index contributed by atoms with van der Waals surface area (Å²) in [4.78, 5) is 0. The van der Waals surface area contributed by atoms with E-state index in [2.05, 4.69) is 44.3 Å². The number of hydrogen-bond donors (Lipinski definition) is 0. The van der Waals surface area contributed by atoms with Gasteiger partial charge in [-0.2, -0.15) is 0 Å². The number of likely N-dealkylation sites (tertiary alicyclic amines) is 1. The molecule has 1 aromatic rings. The van der Waals surface area contributed by atoms with E-state index < -0.39 is 0 Å². The minimum absolute atomic E-state index is 0.922. The number of nitrogens with zero attached hydrogens (tertiary/aromatic N) is 1. The lowest BCUT2D eigenvalue weighted by Crippen LogP contribution is -2.48. The second-order valence-corrected chi connectivity index (χ2v) is 5.72. The van der Waals surface area contributed by atoms with E-state index in [4.69, 9.17) is 0 Å². The van der Waals surface area contributed by atoms with Crippen molar-refractivity contribution in [2.75, 3.05) is 20.1 Å². The van der Waals surface area contributed by atoms with Gasteiger partial charge in [0.1, 0.15) is 0 Å². The number of hydrogen-bond acceptors (Lipinski definition) is 0. The van der Waals surface area contributed by atoms with Gasteiger partial charge in [0.2, 0.25) is 0 Å². The lowest BCUT2D eigenvalue weighted by Gasteiger charge is -2.36. The van der Waals surface area contributed by atoms with Crippen molar-refractivity contribution in [3.63, 3.8) is 0 Å². The summed E-state index contributed by atoms with van der Waals surface area (Å²) >= 11 is 0. The Hall–Kier alpha value is -0.820. The number of aryl methyl sites for hydroxylation is 1. The molecule has 1 fully saturated rings. The third kappa shape index (κ3) is 3.10. The Kier molecular flexibility index (Phi) is 4.22. The van der Waals surface area contributed by atoms with Crippen LogP contribution in [-0.4, -0.2) is 30.7 Å². The molecule has 1 heteroatoms. The Morgan fingerprint density at radius 1 is 1.24 bits per heavy atom.